The molecule has 21 heavy (non-hydrogen) atoms. The minimum Gasteiger partial charge on any atom is -0.478 e. The number of ether oxygens (including phenoxy) is 1. The van der Waals surface area contributed by atoms with Crippen LogP contribution in [0.25, 0.3) is 0 Å². The van der Waals surface area contributed by atoms with Gasteiger partial charge in [0.25, 0.3) is 5.91 Å². The number of hydrogen-bond donors (Lipinski definition) is 1. The third-order valence-corrected chi connectivity index (χ3v) is 4.52. The van der Waals surface area contributed by atoms with Crippen LogP contribution in [-0.4, -0.2) is 19.1 Å². The van der Waals surface area contributed by atoms with Crippen LogP contribution in [0.5, 0.6) is 5.75 Å². The van der Waals surface area contributed by atoms with E-state index in [0.29, 0.717) is 6.42 Å². The summed E-state index contributed by atoms with van der Waals surface area (Å²) in [4.78, 5) is 14.1. The van der Waals surface area contributed by atoms with Crippen molar-refractivity contribution in [3.63, 3.8) is 0 Å². The number of fused-ring (bicyclic) bond motifs is 1. The second-order valence-electron chi connectivity index (χ2n) is 5.14. The van der Waals surface area contributed by atoms with E-state index in [4.69, 9.17) is 4.74 Å². The van der Waals surface area contributed by atoms with Gasteiger partial charge in [-0.25, -0.2) is 0 Å². The molecule has 0 bridgehead atoms. The first kappa shape index (κ1) is 13.9. The van der Waals surface area contributed by atoms with E-state index < -0.39 is 0 Å². The Morgan fingerprint density at radius 2 is 2.24 bits per heavy atom. The molecule has 1 aromatic carbocycles. The smallest absolute Gasteiger partial charge is 0.265 e. The summed E-state index contributed by atoms with van der Waals surface area (Å²) in [6.45, 7) is 2.74. The number of carbonyl (C=O) groups is 1. The van der Waals surface area contributed by atoms with Gasteiger partial charge in [0.15, 0.2) is 6.10 Å². The highest BCUT2D eigenvalue weighted by atomic mass is 32.1. The van der Waals surface area contributed by atoms with E-state index in [2.05, 4.69) is 28.7 Å². The average Bonchev–Trinajstić information content (AvgIpc) is 3.00. The Bertz CT molecular complexity index is 640. The molecule has 1 atom stereocenters. The highest BCUT2D eigenvalue weighted by Gasteiger charge is 2.26. The van der Waals surface area contributed by atoms with Gasteiger partial charge in [-0.3, -0.25) is 4.79 Å². The Morgan fingerprint density at radius 1 is 1.38 bits per heavy atom. The first-order valence-corrected chi connectivity index (χ1v) is 7.90. The van der Waals surface area contributed by atoms with Gasteiger partial charge < -0.3 is 15.0 Å². The van der Waals surface area contributed by atoms with Crippen molar-refractivity contribution in [1.82, 2.24) is 0 Å². The van der Waals surface area contributed by atoms with E-state index >= 15 is 0 Å². The Hall–Kier alpha value is -2.01. The Balaban J connectivity index is 1.77. The number of thiophene rings is 1. The Labute approximate surface area is 128 Å². The van der Waals surface area contributed by atoms with Crippen LogP contribution in [0.2, 0.25) is 0 Å². The fourth-order valence-corrected chi connectivity index (χ4v) is 3.10. The highest BCUT2D eigenvalue weighted by molar-refractivity contribution is 7.14. The zero-order valence-corrected chi connectivity index (χ0v) is 12.9. The summed E-state index contributed by atoms with van der Waals surface area (Å²) < 4.78 is 5.70. The number of amides is 1. The summed E-state index contributed by atoms with van der Waals surface area (Å²) >= 11 is 1.71. The van der Waals surface area contributed by atoms with Gasteiger partial charge in [0, 0.05) is 13.6 Å². The molecule has 4 nitrogen and oxygen atoms in total. The molecule has 2 aromatic rings. The van der Waals surface area contributed by atoms with Crippen molar-refractivity contribution in [3.05, 3.63) is 41.3 Å². The summed E-state index contributed by atoms with van der Waals surface area (Å²) in [5.41, 5.74) is 1.91. The monoisotopic (exact) mass is 302 g/mol. The minimum absolute atomic E-state index is 0.0613. The van der Waals surface area contributed by atoms with Gasteiger partial charge in [0.2, 0.25) is 0 Å². The van der Waals surface area contributed by atoms with E-state index in [-0.39, 0.29) is 12.0 Å². The van der Waals surface area contributed by atoms with Gasteiger partial charge in [0.1, 0.15) is 5.75 Å². The molecule has 1 aliphatic heterocycles. The lowest BCUT2D eigenvalue weighted by molar-refractivity contribution is -0.123. The van der Waals surface area contributed by atoms with Crippen molar-refractivity contribution in [1.29, 1.82) is 0 Å². The van der Waals surface area contributed by atoms with Crippen LogP contribution in [0, 0.1) is 0 Å². The van der Waals surface area contributed by atoms with Gasteiger partial charge in [-0.1, -0.05) is 13.0 Å². The predicted molar refractivity (Wildman–Crippen MR) is 86.2 cm³/mol. The Morgan fingerprint density at radius 3 is 2.95 bits per heavy atom. The van der Waals surface area contributed by atoms with E-state index in [1.165, 1.54) is 5.00 Å². The second kappa shape index (κ2) is 5.77. The van der Waals surface area contributed by atoms with Gasteiger partial charge in [-0.2, -0.15) is 0 Å². The summed E-state index contributed by atoms with van der Waals surface area (Å²) in [6.07, 6.45) is 0.297. The second-order valence-corrected chi connectivity index (χ2v) is 6.07. The first-order valence-electron chi connectivity index (χ1n) is 7.02. The largest absolute Gasteiger partial charge is 0.478 e. The molecule has 1 unspecified atom stereocenters. The number of nitrogens with one attached hydrogen (secondary N) is 1. The van der Waals surface area contributed by atoms with Crippen molar-refractivity contribution < 1.29 is 9.53 Å². The van der Waals surface area contributed by atoms with Crippen LogP contribution < -0.4 is 15.0 Å². The van der Waals surface area contributed by atoms with Gasteiger partial charge in [-0.05, 0) is 41.6 Å². The fraction of sp³-hybridized carbons (Fsp3) is 0.312. The molecule has 1 aromatic heterocycles. The quantitative estimate of drug-likeness (QED) is 0.940. The molecule has 5 heteroatoms. The minimum atomic E-state index is -0.378. The number of hydrogen-bond acceptors (Lipinski definition) is 4. The van der Waals surface area contributed by atoms with Crippen molar-refractivity contribution in [3.8, 4) is 5.75 Å². The summed E-state index contributed by atoms with van der Waals surface area (Å²) in [6, 6.07) is 10.1. The van der Waals surface area contributed by atoms with E-state index in [0.717, 1.165) is 23.5 Å². The lowest BCUT2D eigenvalue weighted by atomic mass is 10.1. The lowest BCUT2D eigenvalue weighted by Crippen LogP contribution is -2.36. The summed E-state index contributed by atoms with van der Waals surface area (Å²) in [7, 11) is 2.06. The molecule has 0 fully saturated rings. The molecular weight excluding hydrogens is 284 g/mol. The first-order chi connectivity index (χ1) is 10.2. The number of benzene rings is 1. The molecule has 0 saturated carbocycles. The molecule has 1 N–H and O–H groups in total. The third kappa shape index (κ3) is 2.88. The highest BCUT2D eigenvalue weighted by Crippen LogP contribution is 2.32. The molecule has 0 spiro atoms. The van der Waals surface area contributed by atoms with Crippen molar-refractivity contribution in [2.24, 2.45) is 0 Å². The van der Waals surface area contributed by atoms with E-state index in [1.807, 2.05) is 31.2 Å². The fourth-order valence-electron chi connectivity index (χ4n) is 2.40. The number of anilines is 2. The van der Waals surface area contributed by atoms with Crippen LogP contribution in [0.1, 0.15) is 18.9 Å². The van der Waals surface area contributed by atoms with Crippen LogP contribution in [-0.2, 0) is 11.3 Å². The van der Waals surface area contributed by atoms with Crippen molar-refractivity contribution in [2.45, 2.75) is 26.0 Å². The van der Waals surface area contributed by atoms with Gasteiger partial charge in [-0.15, -0.1) is 11.3 Å². The van der Waals surface area contributed by atoms with E-state index in [1.54, 1.807) is 11.3 Å². The van der Waals surface area contributed by atoms with Crippen molar-refractivity contribution >= 4 is 27.9 Å². The number of carbonyl (C=O) groups excluding carboxylic acids is 1. The average molecular weight is 302 g/mol. The molecule has 1 amide bonds. The normalized spacial score (nSPS) is 16.9. The molecule has 110 valence electrons. The molecule has 0 radical (unpaired) electrons. The molecule has 0 aliphatic carbocycles. The number of nitrogens with zero attached hydrogens (tertiary/aromatic N) is 1. The van der Waals surface area contributed by atoms with Crippen LogP contribution in [0.4, 0.5) is 10.7 Å². The lowest BCUT2D eigenvalue weighted by Gasteiger charge is -2.26. The maximum atomic E-state index is 11.9. The molecule has 2 heterocycles. The molecule has 1 aliphatic rings. The van der Waals surface area contributed by atoms with E-state index in [9.17, 15) is 4.79 Å². The molecule has 3 rings (SSSR count). The Kier molecular flexibility index (Phi) is 3.84. The van der Waals surface area contributed by atoms with Crippen LogP contribution in [0.3, 0.4) is 0 Å². The zero-order chi connectivity index (χ0) is 14.8. The van der Waals surface area contributed by atoms with Gasteiger partial charge in [0.05, 0.1) is 10.7 Å². The number of rotatable bonds is 4. The standard InChI is InChI=1S/C16H18N2O2S/c1-3-13-16(19)17-12-9-11(6-7-14(12)20-13)10-18(2)15-5-4-8-21-15/h4-9,13H,3,10H2,1-2H3,(H,17,19). The maximum absolute atomic E-state index is 11.9. The van der Waals surface area contributed by atoms with Crippen LogP contribution in [0.15, 0.2) is 35.7 Å². The predicted octanol–water partition coefficient (Wildman–Crippen LogP) is 3.49. The SMILES string of the molecule is CCC1Oc2ccc(CN(C)c3cccs3)cc2NC1=O. The van der Waals surface area contributed by atoms with Crippen molar-refractivity contribution in [2.75, 3.05) is 17.3 Å². The maximum Gasteiger partial charge on any atom is 0.265 e. The topological polar surface area (TPSA) is 41.6 Å². The van der Waals surface area contributed by atoms with Crippen LogP contribution >= 0.6 is 11.3 Å². The molecule has 0 saturated heterocycles. The third-order valence-electron chi connectivity index (χ3n) is 3.54. The zero-order valence-electron chi connectivity index (χ0n) is 12.1. The van der Waals surface area contributed by atoms with Gasteiger partial charge >= 0.3 is 0 Å². The summed E-state index contributed by atoms with van der Waals surface area (Å²) in [5, 5.41) is 6.22. The summed E-state index contributed by atoms with van der Waals surface area (Å²) in [5.74, 6) is 0.692. The molecular formula is C16H18N2O2S.